The Morgan fingerprint density at radius 1 is 1.40 bits per heavy atom. The van der Waals surface area contributed by atoms with E-state index >= 15 is 0 Å². The van der Waals surface area contributed by atoms with Gasteiger partial charge in [-0.05, 0) is 34.1 Å². The van der Waals surface area contributed by atoms with Crippen LogP contribution in [0.3, 0.4) is 0 Å². The van der Waals surface area contributed by atoms with Crippen molar-refractivity contribution in [3.63, 3.8) is 0 Å². The van der Waals surface area contributed by atoms with Gasteiger partial charge in [0.2, 0.25) is 0 Å². The Morgan fingerprint density at radius 3 is 2.80 bits per heavy atom. The Morgan fingerprint density at radius 2 is 2.15 bits per heavy atom. The van der Waals surface area contributed by atoms with Gasteiger partial charge >= 0.3 is 0 Å². The highest BCUT2D eigenvalue weighted by atomic mass is 79.9. The molecule has 2 aromatic rings. The molecule has 0 unspecified atom stereocenters. The molecule has 0 aliphatic heterocycles. The van der Waals surface area contributed by atoms with Crippen LogP contribution in [0.25, 0.3) is 5.69 Å². The number of aromatic nitrogens is 1. The molecule has 0 saturated carbocycles. The number of hydrogen-bond donors (Lipinski definition) is 0. The summed E-state index contributed by atoms with van der Waals surface area (Å²) in [6.07, 6.45) is 1.60. The van der Waals surface area contributed by atoms with Crippen molar-refractivity contribution in [2.45, 2.75) is 6.61 Å². The number of hydrogen-bond acceptors (Lipinski definition) is 4. The zero-order chi connectivity index (χ0) is 14.7. The van der Waals surface area contributed by atoms with Crippen LogP contribution in [0, 0.1) is 10.1 Å². The summed E-state index contributed by atoms with van der Waals surface area (Å²) in [4.78, 5) is 22.4. The first-order valence-corrected chi connectivity index (χ1v) is 6.47. The van der Waals surface area contributed by atoms with Gasteiger partial charge in [-0.3, -0.25) is 19.5 Å². The lowest BCUT2D eigenvalue weighted by atomic mass is 10.1. The van der Waals surface area contributed by atoms with E-state index in [1.54, 1.807) is 24.4 Å². The standard InChI is InChI=1S/C13H11BrN2O4/c1-20-8-9-7-10(16(18)19)4-5-12(9)15-6-2-3-11(14)13(15)17/h2-7H,8H2,1H3. The summed E-state index contributed by atoms with van der Waals surface area (Å²) in [5.74, 6) is 0. The molecule has 0 aliphatic rings. The Kier molecular flexibility index (Phi) is 4.31. The topological polar surface area (TPSA) is 74.4 Å². The molecule has 2 rings (SSSR count). The maximum atomic E-state index is 12.1. The fourth-order valence-electron chi connectivity index (χ4n) is 1.85. The summed E-state index contributed by atoms with van der Waals surface area (Å²) in [5, 5.41) is 10.8. The predicted octanol–water partition coefficient (Wildman–Crippen LogP) is 2.65. The maximum Gasteiger partial charge on any atom is 0.269 e. The van der Waals surface area contributed by atoms with Crippen LogP contribution < -0.4 is 5.56 Å². The Labute approximate surface area is 122 Å². The fraction of sp³-hybridized carbons (Fsp3) is 0.154. The Hall–Kier alpha value is -1.99. The smallest absolute Gasteiger partial charge is 0.269 e. The highest BCUT2D eigenvalue weighted by Crippen LogP contribution is 2.21. The summed E-state index contributed by atoms with van der Waals surface area (Å²) < 4.78 is 6.88. The number of nitro groups is 1. The van der Waals surface area contributed by atoms with E-state index in [0.29, 0.717) is 15.7 Å². The predicted molar refractivity (Wildman–Crippen MR) is 77.1 cm³/mol. The van der Waals surface area contributed by atoms with Crippen LogP contribution in [0.2, 0.25) is 0 Å². The zero-order valence-corrected chi connectivity index (χ0v) is 12.2. The highest BCUT2D eigenvalue weighted by Gasteiger charge is 2.13. The monoisotopic (exact) mass is 338 g/mol. The van der Waals surface area contributed by atoms with E-state index in [4.69, 9.17) is 4.74 Å². The lowest BCUT2D eigenvalue weighted by Gasteiger charge is -2.11. The second kappa shape index (κ2) is 5.98. The van der Waals surface area contributed by atoms with Gasteiger partial charge in [0.05, 0.1) is 21.7 Å². The molecule has 6 nitrogen and oxygen atoms in total. The molecule has 104 valence electrons. The third-order valence-electron chi connectivity index (χ3n) is 2.73. The Balaban J connectivity index is 2.64. The van der Waals surface area contributed by atoms with Gasteiger partial charge in [0.1, 0.15) is 0 Å². The molecule has 0 fully saturated rings. The summed E-state index contributed by atoms with van der Waals surface area (Å²) in [7, 11) is 1.49. The average molecular weight is 339 g/mol. The van der Waals surface area contributed by atoms with Crippen molar-refractivity contribution >= 4 is 21.6 Å². The number of nitro benzene ring substituents is 1. The van der Waals surface area contributed by atoms with E-state index < -0.39 is 4.92 Å². The zero-order valence-electron chi connectivity index (χ0n) is 10.6. The molecule has 0 bridgehead atoms. The summed E-state index contributed by atoms with van der Waals surface area (Å²) in [6, 6.07) is 7.66. The summed E-state index contributed by atoms with van der Waals surface area (Å²) in [5.41, 5.74) is 0.855. The average Bonchev–Trinajstić information content (AvgIpc) is 2.42. The SMILES string of the molecule is COCc1cc([N+](=O)[O-])ccc1-n1cccc(Br)c1=O. The van der Waals surface area contributed by atoms with E-state index in [2.05, 4.69) is 15.9 Å². The molecule has 1 aromatic heterocycles. The van der Waals surface area contributed by atoms with Gasteiger partial charge in [-0.25, -0.2) is 0 Å². The molecule has 0 amide bonds. The molecule has 0 radical (unpaired) electrons. The van der Waals surface area contributed by atoms with Crippen molar-refractivity contribution < 1.29 is 9.66 Å². The molecule has 1 heterocycles. The minimum atomic E-state index is -0.480. The van der Waals surface area contributed by atoms with Crippen LogP contribution in [0.1, 0.15) is 5.56 Å². The number of non-ortho nitro benzene ring substituents is 1. The van der Waals surface area contributed by atoms with Crippen molar-refractivity contribution in [2.24, 2.45) is 0 Å². The van der Waals surface area contributed by atoms with Crippen LogP contribution >= 0.6 is 15.9 Å². The van der Waals surface area contributed by atoms with Crippen LogP contribution in [-0.4, -0.2) is 16.6 Å². The summed E-state index contributed by atoms with van der Waals surface area (Å²) in [6.45, 7) is 0.177. The van der Waals surface area contributed by atoms with E-state index in [9.17, 15) is 14.9 Å². The molecule has 1 aromatic carbocycles. The van der Waals surface area contributed by atoms with Gasteiger partial charge in [0, 0.05) is 31.0 Å². The van der Waals surface area contributed by atoms with Crippen molar-refractivity contribution in [3.8, 4) is 5.69 Å². The minimum Gasteiger partial charge on any atom is -0.380 e. The number of ether oxygens (including phenoxy) is 1. The van der Waals surface area contributed by atoms with E-state index in [-0.39, 0.29) is 17.9 Å². The number of pyridine rings is 1. The molecular formula is C13H11BrN2O4. The minimum absolute atomic E-state index is 0.0381. The molecule has 0 atom stereocenters. The first kappa shape index (κ1) is 14.4. The van der Waals surface area contributed by atoms with Gasteiger partial charge in [0.15, 0.2) is 0 Å². The highest BCUT2D eigenvalue weighted by molar-refractivity contribution is 9.10. The summed E-state index contributed by atoms with van der Waals surface area (Å²) >= 11 is 3.17. The van der Waals surface area contributed by atoms with Gasteiger partial charge in [-0.2, -0.15) is 0 Å². The second-order valence-corrected chi connectivity index (χ2v) is 4.89. The second-order valence-electron chi connectivity index (χ2n) is 4.03. The van der Waals surface area contributed by atoms with E-state index in [0.717, 1.165) is 0 Å². The molecule has 0 aliphatic carbocycles. The molecular weight excluding hydrogens is 328 g/mol. The van der Waals surface area contributed by atoms with Gasteiger partial charge in [-0.15, -0.1) is 0 Å². The van der Waals surface area contributed by atoms with Crippen molar-refractivity contribution in [2.75, 3.05) is 7.11 Å². The van der Waals surface area contributed by atoms with Gasteiger partial charge in [-0.1, -0.05) is 0 Å². The van der Waals surface area contributed by atoms with Gasteiger partial charge in [0.25, 0.3) is 11.2 Å². The normalized spacial score (nSPS) is 10.5. The van der Waals surface area contributed by atoms with Gasteiger partial charge < -0.3 is 4.74 Å². The lowest BCUT2D eigenvalue weighted by Crippen LogP contribution is -2.19. The van der Waals surface area contributed by atoms with Crippen LogP contribution in [0.5, 0.6) is 0 Å². The lowest BCUT2D eigenvalue weighted by molar-refractivity contribution is -0.384. The quantitative estimate of drug-likeness (QED) is 0.634. The maximum absolute atomic E-state index is 12.1. The van der Waals surface area contributed by atoms with Crippen LogP contribution in [0.4, 0.5) is 5.69 Å². The van der Waals surface area contributed by atoms with Crippen LogP contribution in [0.15, 0.2) is 45.8 Å². The van der Waals surface area contributed by atoms with Crippen molar-refractivity contribution in [1.29, 1.82) is 0 Å². The molecule has 0 spiro atoms. The number of nitrogens with zero attached hydrogens (tertiary/aromatic N) is 2. The molecule has 20 heavy (non-hydrogen) atoms. The third kappa shape index (κ3) is 2.78. The number of benzene rings is 1. The molecule has 0 saturated heterocycles. The fourth-order valence-corrected chi connectivity index (χ4v) is 2.19. The van der Waals surface area contributed by atoms with Crippen LogP contribution in [-0.2, 0) is 11.3 Å². The van der Waals surface area contributed by atoms with E-state index in [1.807, 2.05) is 0 Å². The molecule has 0 N–H and O–H groups in total. The molecule has 7 heteroatoms. The van der Waals surface area contributed by atoms with Crippen molar-refractivity contribution in [3.05, 3.63) is 67.0 Å². The van der Waals surface area contributed by atoms with Crippen molar-refractivity contribution in [1.82, 2.24) is 4.57 Å². The Bertz CT molecular complexity index is 712. The first-order chi connectivity index (χ1) is 9.54. The number of halogens is 1. The van der Waals surface area contributed by atoms with E-state index in [1.165, 1.54) is 23.8 Å². The third-order valence-corrected chi connectivity index (χ3v) is 3.34. The largest absolute Gasteiger partial charge is 0.380 e. The first-order valence-electron chi connectivity index (χ1n) is 5.68. The number of methoxy groups -OCH3 is 1. The number of rotatable bonds is 4.